The van der Waals surface area contributed by atoms with E-state index in [1.165, 1.54) is 0 Å². The lowest BCUT2D eigenvalue weighted by molar-refractivity contribution is -0.121. The van der Waals surface area contributed by atoms with Crippen LogP contribution in [-0.4, -0.2) is 17.9 Å². The van der Waals surface area contributed by atoms with E-state index >= 15 is 0 Å². The molecule has 0 saturated heterocycles. The third kappa shape index (κ3) is 3.98. The minimum atomic E-state index is -0.0820. The second-order valence-corrected chi connectivity index (χ2v) is 7.20. The fraction of sp³-hybridized carbons (Fsp3) is 0.579. The van der Waals surface area contributed by atoms with Gasteiger partial charge in [-0.25, -0.2) is 0 Å². The van der Waals surface area contributed by atoms with Crippen LogP contribution in [0.25, 0.3) is 0 Å². The molecule has 6 heteroatoms. The molecule has 0 radical (unpaired) electrons. The molecule has 138 valence electrons. The number of carbonyl (C=O) groups is 2. The lowest BCUT2D eigenvalue weighted by atomic mass is 9.84. The van der Waals surface area contributed by atoms with Gasteiger partial charge in [-0.05, 0) is 62.1 Å². The maximum atomic E-state index is 12.7. The number of anilines is 2. The van der Waals surface area contributed by atoms with Crippen LogP contribution in [0.2, 0.25) is 0 Å². The van der Waals surface area contributed by atoms with Crippen molar-refractivity contribution < 1.29 is 9.59 Å². The maximum absolute atomic E-state index is 12.7. The van der Waals surface area contributed by atoms with Gasteiger partial charge < -0.3 is 16.4 Å². The molecule has 2 saturated carbocycles. The number of nitrogens with one attached hydrogen (secondary N) is 2. The highest BCUT2D eigenvalue weighted by molar-refractivity contribution is 5.97. The molecule has 25 heavy (non-hydrogen) atoms. The number of carbonyl (C=O) groups excluding carboxylic acids is 2. The third-order valence-corrected chi connectivity index (χ3v) is 5.63. The summed E-state index contributed by atoms with van der Waals surface area (Å²) in [7, 11) is 0. The van der Waals surface area contributed by atoms with Gasteiger partial charge in [-0.3, -0.25) is 9.59 Å². The maximum Gasteiger partial charge on any atom is 0.229 e. The first-order valence-electron chi connectivity index (χ1n) is 8.97. The molecule has 0 aromatic heterocycles. The summed E-state index contributed by atoms with van der Waals surface area (Å²) in [6, 6.07) is 5.57. The summed E-state index contributed by atoms with van der Waals surface area (Å²) in [6.07, 6.45) is 4.67. The molecule has 2 bridgehead atoms. The standard InChI is InChI=1S/C19H27N3O2.ClH/c1-3-5-16(23)21-14-6-4-7-15(11(14)2)22-19(24)17-12-8-9-13(10-12)18(17)20;/h4,6-7,12-13,17-18H,3,5,8-10,20H2,1-2H3,(H,21,23)(H,22,24);1H. The van der Waals surface area contributed by atoms with E-state index in [1.54, 1.807) is 0 Å². The van der Waals surface area contributed by atoms with Crippen LogP contribution in [0, 0.1) is 24.7 Å². The van der Waals surface area contributed by atoms with Gasteiger partial charge in [-0.1, -0.05) is 13.0 Å². The van der Waals surface area contributed by atoms with Gasteiger partial charge in [-0.15, -0.1) is 12.4 Å². The van der Waals surface area contributed by atoms with Gasteiger partial charge in [0, 0.05) is 23.8 Å². The van der Waals surface area contributed by atoms with Gasteiger partial charge in [0.2, 0.25) is 11.8 Å². The van der Waals surface area contributed by atoms with Crippen molar-refractivity contribution in [3.05, 3.63) is 23.8 Å². The molecule has 1 aromatic carbocycles. The number of benzene rings is 1. The van der Waals surface area contributed by atoms with Crippen molar-refractivity contribution in [2.75, 3.05) is 10.6 Å². The number of rotatable bonds is 5. The Kier molecular flexibility index (Phi) is 6.47. The molecular formula is C19H28ClN3O2. The van der Waals surface area contributed by atoms with E-state index < -0.39 is 0 Å². The van der Waals surface area contributed by atoms with Gasteiger partial charge >= 0.3 is 0 Å². The average Bonchev–Trinajstić information content (AvgIpc) is 3.12. The quantitative estimate of drug-likeness (QED) is 0.747. The number of hydrogen-bond donors (Lipinski definition) is 3. The van der Waals surface area contributed by atoms with Crippen LogP contribution in [0.4, 0.5) is 11.4 Å². The molecule has 2 fully saturated rings. The zero-order chi connectivity index (χ0) is 17.3. The fourth-order valence-corrected chi connectivity index (χ4v) is 4.29. The van der Waals surface area contributed by atoms with Gasteiger partial charge in [0.05, 0.1) is 5.92 Å². The van der Waals surface area contributed by atoms with E-state index in [0.29, 0.717) is 18.3 Å². The van der Waals surface area contributed by atoms with Crippen LogP contribution in [0.5, 0.6) is 0 Å². The molecule has 4 atom stereocenters. The van der Waals surface area contributed by atoms with Crippen molar-refractivity contribution in [3.63, 3.8) is 0 Å². The summed E-state index contributed by atoms with van der Waals surface area (Å²) in [5.41, 5.74) is 8.66. The topological polar surface area (TPSA) is 84.2 Å². The number of hydrogen-bond acceptors (Lipinski definition) is 3. The highest BCUT2D eigenvalue weighted by Crippen LogP contribution is 2.48. The van der Waals surface area contributed by atoms with Crippen LogP contribution >= 0.6 is 12.4 Å². The van der Waals surface area contributed by atoms with Crippen LogP contribution in [0.1, 0.15) is 44.6 Å². The van der Waals surface area contributed by atoms with E-state index in [4.69, 9.17) is 5.73 Å². The van der Waals surface area contributed by atoms with Crippen molar-refractivity contribution in [1.82, 2.24) is 0 Å². The van der Waals surface area contributed by atoms with Crippen LogP contribution < -0.4 is 16.4 Å². The molecule has 4 N–H and O–H groups in total. The zero-order valence-electron chi connectivity index (χ0n) is 14.9. The fourth-order valence-electron chi connectivity index (χ4n) is 4.29. The molecule has 2 amide bonds. The molecule has 5 nitrogen and oxygen atoms in total. The second kappa shape index (κ2) is 8.19. The van der Waals surface area contributed by atoms with Crippen molar-refractivity contribution in [2.45, 2.75) is 52.0 Å². The van der Waals surface area contributed by atoms with Gasteiger partial charge in [0.1, 0.15) is 0 Å². The summed E-state index contributed by atoms with van der Waals surface area (Å²) in [5, 5.41) is 5.96. The molecule has 3 rings (SSSR count). The predicted octanol–water partition coefficient (Wildman–Crippen LogP) is 3.47. The molecule has 0 spiro atoms. The van der Waals surface area contributed by atoms with Crippen LogP contribution in [0.3, 0.4) is 0 Å². The van der Waals surface area contributed by atoms with Crippen molar-refractivity contribution in [2.24, 2.45) is 23.5 Å². The summed E-state index contributed by atoms with van der Waals surface area (Å²) < 4.78 is 0. The minimum Gasteiger partial charge on any atom is -0.327 e. The molecule has 1 aromatic rings. The molecule has 2 aliphatic carbocycles. The molecule has 0 aliphatic heterocycles. The Morgan fingerprint density at radius 3 is 2.40 bits per heavy atom. The Balaban J connectivity index is 0.00000225. The lowest BCUT2D eigenvalue weighted by Crippen LogP contribution is -2.42. The molecule has 0 heterocycles. The summed E-state index contributed by atoms with van der Waals surface area (Å²) in [5.74, 6) is 0.875. The van der Waals surface area contributed by atoms with E-state index in [-0.39, 0.29) is 36.2 Å². The SMILES string of the molecule is CCCC(=O)Nc1cccc(NC(=O)C2C3CCC(C3)C2N)c1C.Cl. The average molecular weight is 366 g/mol. The van der Waals surface area contributed by atoms with Crippen molar-refractivity contribution in [1.29, 1.82) is 0 Å². The summed E-state index contributed by atoms with van der Waals surface area (Å²) >= 11 is 0. The molecule has 2 aliphatic rings. The van der Waals surface area contributed by atoms with Crippen molar-refractivity contribution in [3.8, 4) is 0 Å². The van der Waals surface area contributed by atoms with E-state index in [0.717, 1.165) is 42.6 Å². The van der Waals surface area contributed by atoms with E-state index in [9.17, 15) is 9.59 Å². The van der Waals surface area contributed by atoms with E-state index in [1.807, 2.05) is 32.0 Å². The lowest BCUT2D eigenvalue weighted by Gasteiger charge is -2.27. The monoisotopic (exact) mass is 365 g/mol. The van der Waals surface area contributed by atoms with Crippen molar-refractivity contribution >= 4 is 35.6 Å². The Morgan fingerprint density at radius 1 is 1.16 bits per heavy atom. The first-order valence-corrected chi connectivity index (χ1v) is 8.97. The zero-order valence-corrected chi connectivity index (χ0v) is 15.7. The Hall–Kier alpha value is -1.59. The second-order valence-electron chi connectivity index (χ2n) is 7.20. The van der Waals surface area contributed by atoms with Crippen LogP contribution in [-0.2, 0) is 9.59 Å². The number of amides is 2. The van der Waals surface area contributed by atoms with Gasteiger partial charge in [0.15, 0.2) is 0 Å². The largest absolute Gasteiger partial charge is 0.327 e. The number of fused-ring (bicyclic) bond motifs is 2. The molecular weight excluding hydrogens is 338 g/mol. The Morgan fingerprint density at radius 2 is 1.80 bits per heavy atom. The first kappa shape index (κ1) is 19.7. The van der Waals surface area contributed by atoms with Gasteiger partial charge in [0.25, 0.3) is 0 Å². The summed E-state index contributed by atoms with van der Waals surface area (Å²) in [6.45, 7) is 3.89. The van der Waals surface area contributed by atoms with Crippen LogP contribution in [0.15, 0.2) is 18.2 Å². The van der Waals surface area contributed by atoms with Gasteiger partial charge in [-0.2, -0.15) is 0 Å². The first-order chi connectivity index (χ1) is 11.5. The normalized spacial score (nSPS) is 26.8. The third-order valence-electron chi connectivity index (χ3n) is 5.63. The minimum absolute atomic E-state index is 0. The highest BCUT2D eigenvalue weighted by Gasteiger charge is 2.49. The molecule has 4 unspecified atom stereocenters. The number of nitrogens with two attached hydrogens (primary N) is 1. The Labute approximate surface area is 155 Å². The predicted molar refractivity (Wildman–Crippen MR) is 103 cm³/mol. The number of halogens is 1. The highest BCUT2D eigenvalue weighted by atomic mass is 35.5. The summed E-state index contributed by atoms with van der Waals surface area (Å²) in [4.78, 5) is 24.5. The Bertz CT molecular complexity index is 648. The van der Waals surface area contributed by atoms with E-state index in [2.05, 4.69) is 10.6 Å². The smallest absolute Gasteiger partial charge is 0.229 e.